The van der Waals surface area contributed by atoms with Gasteiger partial charge in [0.15, 0.2) is 0 Å². The van der Waals surface area contributed by atoms with E-state index in [0.717, 1.165) is 5.92 Å². The fraction of sp³-hybridized carbons (Fsp3) is 1.00. The quantitative estimate of drug-likeness (QED) is 0.734. The Hall–Kier alpha value is -0.0400. The Morgan fingerprint density at radius 3 is 1.79 bits per heavy atom. The molecule has 0 saturated heterocycles. The van der Waals surface area contributed by atoms with Gasteiger partial charge in [-0.3, -0.25) is 0 Å². The van der Waals surface area contributed by atoms with Crippen molar-refractivity contribution in [1.82, 2.24) is 0 Å². The molecule has 0 radical (unpaired) electrons. The second-order valence-electron chi connectivity index (χ2n) is 5.63. The zero-order valence-corrected chi connectivity index (χ0v) is 9.63. The van der Waals surface area contributed by atoms with Crippen molar-refractivity contribution >= 4 is 0 Å². The van der Waals surface area contributed by atoms with Gasteiger partial charge < -0.3 is 5.11 Å². The van der Waals surface area contributed by atoms with Crippen LogP contribution in [-0.2, 0) is 0 Å². The Bertz CT molecular complexity index is 185. The molecular formula is C13H24O. The first-order valence-electron chi connectivity index (χ1n) is 6.37. The minimum absolute atomic E-state index is 0.335. The van der Waals surface area contributed by atoms with Crippen LogP contribution in [0.4, 0.5) is 0 Å². The van der Waals surface area contributed by atoms with Crippen molar-refractivity contribution in [2.24, 2.45) is 17.8 Å². The number of aliphatic hydroxyl groups is 1. The van der Waals surface area contributed by atoms with Crippen LogP contribution in [0.15, 0.2) is 0 Å². The van der Waals surface area contributed by atoms with Gasteiger partial charge in [0, 0.05) is 0 Å². The molecular weight excluding hydrogens is 172 g/mol. The van der Waals surface area contributed by atoms with Crippen LogP contribution in [0.25, 0.3) is 0 Å². The molecule has 0 aromatic heterocycles. The molecule has 2 rings (SSSR count). The summed E-state index contributed by atoms with van der Waals surface area (Å²) >= 11 is 0. The summed E-state index contributed by atoms with van der Waals surface area (Å²) in [7, 11) is 0. The predicted octanol–water partition coefficient (Wildman–Crippen LogP) is 3.36. The van der Waals surface area contributed by atoms with Gasteiger partial charge in [0.2, 0.25) is 0 Å². The molecule has 1 N–H and O–H groups in total. The van der Waals surface area contributed by atoms with E-state index in [4.69, 9.17) is 0 Å². The van der Waals surface area contributed by atoms with Gasteiger partial charge in [0.05, 0.1) is 5.60 Å². The molecule has 1 unspecified atom stereocenters. The largest absolute Gasteiger partial charge is 0.390 e. The molecule has 0 aromatic carbocycles. The van der Waals surface area contributed by atoms with E-state index in [-0.39, 0.29) is 5.60 Å². The van der Waals surface area contributed by atoms with Crippen LogP contribution in [0, 0.1) is 17.8 Å². The Balaban J connectivity index is 1.87. The minimum atomic E-state index is -0.335. The SMILES string of the molecule is CCC1CCC(C(C)(O)C2CC2)CC1. The number of hydrogen-bond donors (Lipinski definition) is 1. The summed E-state index contributed by atoms with van der Waals surface area (Å²) in [5.74, 6) is 2.17. The normalized spacial score (nSPS) is 37.9. The molecule has 2 saturated carbocycles. The van der Waals surface area contributed by atoms with Crippen LogP contribution < -0.4 is 0 Å². The fourth-order valence-corrected chi connectivity index (χ4v) is 3.16. The van der Waals surface area contributed by atoms with Gasteiger partial charge in [-0.2, -0.15) is 0 Å². The summed E-state index contributed by atoms with van der Waals surface area (Å²) in [5.41, 5.74) is -0.335. The van der Waals surface area contributed by atoms with E-state index in [0.29, 0.717) is 11.8 Å². The lowest BCUT2D eigenvalue weighted by Gasteiger charge is -2.38. The first kappa shape index (κ1) is 10.5. The van der Waals surface area contributed by atoms with Gasteiger partial charge in [-0.05, 0) is 50.4 Å². The minimum Gasteiger partial charge on any atom is -0.390 e. The average molecular weight is 196 g/mol. The Morgan fingerprint density at radius 2 is 1.43 bits per heavy atom. The zero-order chi connectivity index (χ0) is 10.2. The highest BCUT2D eigenvalue weighted by molar-refractivity contribution is 4.97. The van der Waals surface area contributed by atoms with E-state index in [1.165, 1.54) is 44.9 Å². The van der Waals surface area contributed by atoms with Crippen LogP contribution in [0.2, 0.25) is 0 Å². The van der Waals surface area contributed by atoms with Crippen LogP contribution >= 0.6 is 0 Å². The smallest absolute Gasteiger partial charge is 0.0675 e. The van der Waals surface area contributed by atoms with Gasteiger partial charge in [-0.1, -0.05) is 26.2 Å². The molecule has 82 valence electrons. The van der Waals surface area contributed by atoms with Gasteiger partial charge in [0.1, 0.15) is 0 Å². The van der Waals surface area contributed by atoms with E-state index in [1.54, 1.807) is 0 Å². The second kappa shape index (κ2) is 3.84. The van der Waals surface area contributed by atoms with Crippen LogP contribution in [0.5, 0.6) is 0 Å². The molecule has 0 amide bonds. The topological polar surface area (TPSA) is 20.2 Å². The van der Waals surface area contributed by atoms with Crippen molar-refractivity contribution in [3.63, 3.8) is 0 Å². The predicted molar refractivity (Wildman–Crippen MR) is 59.1 cm³/mol. The first-order valence-corrected chi connectivity index (χ1v) is 6.37. The maximum atomic E-state index is 10.4. The van der Waals surface area contributed by atoms with Crippen LogP contribution in [0.1, 0.15) is 58.8 Å². The lowest BCUT2D eigenvalue weighted by atomic mass is 9.72. The molecule has 0 aliphatic heterocycles. The Labute approximate surface area is 87.9 Å². The maximum absolute atomic E-state index is 10.4. The highest BCUT2D eigenvalue weighted by Crippen LogP contribution is 2.48. The van der Waals surface area contributed by atoms with E-state index in [9.17, 15) is 5.11 Å². The standard InChI is InChI=1S/C13H24O/c1-3-10-4-6-11(7-5-10)13(2,14)12-8-9-12/h10-12,14H,3-9H2,1-2H3. The van der Waals surface area contributed by atoms with Gasteiger partial charge in [-0.25, -0.2) is 0 Å². The molecule has 2 aliphatic rings. The van der Waals surface area contributed by atoms with Crippen molar-refractivity contribution < 1.29 is 5.11 Å². The summed E-state index contributed by atoms with van der Waals surface area (Å²) in [5, 5.41) is 10.4. The zero-order valence-electron chi connectivity index (χ0n) is 9.63. The molecule has 0 spiro atoms. The molecule has 0 bridgehead atoms. The van der Waals surface area contributed by atoms with Gasteiger partial charge in [-0.15, -0.1) is 0 Å². The molecule has 1 atom stereocenters. The third kappa shape index (κ3) is 1.98. The van der Waals surface area contributed by atoms with Crippen molar-refractivity contribution in [2.45, 2.75) is 64.4 Å². The Morgan fingerprint density at radius 1 is 1.00 bits per heavy atom. The number of rotatable bonds is 3. The average Bonchev–Trinajstić information content (AvgIpc) is 3.01. The highest BCUT2D eigenvalue weighted by atomic mass is 16.3. The highest BCUT2D eigenvalue weighted by Gasteiger charge is 2.45. The van der Waals surface area contributed by atoms with E-state index in [1.807, 2.05) is 0 Å². The van der Waals surface area contributed by atoms with Gasteiger partial charge >= 0.3 is 0 Å². The van der Waals surface area contributed by atoms with E-state index < -0.39 is 0 Å². The third-order valence-electron chi connectivity index (χ3n) is 4.65. The van der Waals surface area contributed by atoms with E-state index >= 15 is 0 Å². The fourth-order valence-electron chi connectivity index (χ4n) is 3.16. The first-order chi connectivity index (χ1) is 6.64. The van der Waals surface area contributed by atoms with Crippen LogP contribution in [-0.4, -0.2) is 10.7 Å². The van der Waals surface area contributed by atoms with Crippen LogP contribution in [0.3, 0.4) is 0 Å². The summed E-state index contributed by atoms with van der Waals surface area (Å²) < 4.78 is 0. The Kier molecular flexibility index (Phi) is 2.88. The van der Waals surface area contributed by atoms with Crippen molar-refractivity contribution in [2.75, 3.05) is 0 Å². The number of hydrogen-bond acceptors (Lipinski definition) is 1. The van der Waals surface area contributed by atoms with Crippen molar-refractivity contribution in [1.29, 1.82) is 0 Å². The molecule has 0 aromatic rings. The molecule has 14 heavy (non-hydrogen) atoms. The lowest BCUT2D eigenvalue weighted by molar-refractivity contribution is -0.0411. The molecule has 0 heterocycles. The molecule has 1 nitrogen and oxygen atoms in total. The third-order valence-corrected chi connectivity index (χ3v) is 4.65. The van der Waals surface area contributed by atoms with Crippen molar-refractivity contribution in [3.8, 4) is 0 Å². The second-order valence-corrected chi connectivity index (χ2v) is 5.63. The van der Waals surface area contributed by atoms with Gasteiger partial charge in [0.25, 0.3) is 0 Å². The summed E-state index contributed by atoms with van der Waals surface area (Å²) in [6.07, 6.45) is 9.10. The van der Waals surface area contributed by atoms with Crippen molar-refractivity contribution in [3.05, 3.63) is 0 Å². The molecule has 1 heteroatoms. The van der Waals surface area contributed by atoms with E-state index in [2.05, 4.69) is 13.8 Å². The maximum Gasteiger partial charge on any atom is 0.0675 e. The summed E-state index contributed by atoms with van der Waals surface area (Å²) in [6, 6.07) is 0. The molecule has 2 aliphatic carbocycles. The monoisotopic (exact) mass is 196 g/mol. The summed E-state index contributed by atoms with van der Waals surface area (Å²) in [4.78, 5) is 0. The molecule has 2 fully saturated rings. The summed E-state index contributed by atoms with van der Waals surface area (Å²) in [6.45, 7) is 4.38. The lowest BCUT2D eigenvalue weighted by Crippen LogP contribution is -2.39.